The van der Waals surface area contributed by atoms with Gasteiger partial charge in [0.2, 0.25) is 5.91 Å². The van der Waals surface area contributed by atoms with E-state index >= 15 is 0 Å². The van der Waals surface area contributed by atoms with Crippen LogP contribution < -0.4 is 16.0 Å². The fourth-order valence-corrected chi connectivity index (χ4v) is 1.76. The number of rotatable bonds is 6. The number of halogens is 2. The third-order valence-corrected chi connectivity index (χ3v) is 2.61. The number of hydrogen-bond donors (Lipinski definition) is 3. The van der Waals surface area contributed by atoms with Crippen molar-refractivity contribution in [3.05, 3.63) is 18.2 Å². The minimum Gasteiger partial charge on any atom is -0.357 e. The van der Waals surface area contributed by atoms with Crippen molar-refractivity contribution in [1.29, 1.82) is 0 Å². The number of amides is 1. The van der Waals surface area contributed by atoms with Crippen LogP contribution in [0.1, 0.15) is 40.1 Å². The lowest BCUT2D eigenvalue weighted by Gasteiger charge is -2.21. The Kier molecular flexibility index (Phi) is 6.92. The SMILES string of the molecule is CCNC(=NCc1nccn1C(F)F)NCC(=O)NC(C)(C)C. The number of carbonyl (C=O) groups excluding carboxylic acids is 1. The second kappa shape index (κ2) is 8.44. The molecule has 23 heavy (non-hydrogen) atoms. The Bertz CT molecular complexity index is 536. The molecule has 0 aliphatic carbocycles. The highest BCUT2D eigenvalue weighted by atomic mass is 19.3. The van der Waals surface area contributed by atoms with Crippen LogP contribution in [0.15, 0.2) is 17.4 Å². The van der Waals surface area contributed by atoms with E-state index in [4.69, 9.17) is 0 Å². The summed E-state index contributed by atoms with van der Waals surface area (Å²) in [4.78, 5) is 19.8. The van der Waals surface area contributed by atoms with E-state index in [0.29, 0.717) is 12.5 Å². The van der Waals surface area contributed by atoms with Crippen molar-refractivity contribution in [2.24, 2.45) is 4.99 Å². The Morgan fingerprint density at radius 3 is 2.65 bits per heavy atom. The first kappa shape index (κ1) is 18.9. The molecule has 3 N–H and O–H groups in total. The molecule has 1 aromatic rings. The molecule has 7 nitrogen and oxygen atoms in total. The molecule has 1 rings (SSSR count). The molecule has 9 heteroatoms. The number of aliphatic imine (C=N–C) groups is 1. The fourth-order valence-electron chi connectivity index (χ4n) is 1.76. The van der Waals surface area contributed by atoms with Crippen molar-refractivity contribution < 1.29 is 13.6 Å². The van der Waals surface area contributed by atoms with Crippen molar-refractivity contribution in [2.75, 3.05) is 13.1 Å². The summed E-state index contributed by atoms with van der Waals surface area (Å²) in [5, 5.41) is 8.61. The maximum absolute atomic E-state index is 12.7. The van der Waals surface area contributed by atoms with Crippen LogP contribution in [-0.2, 0) is 11.3 Å². The molecular formula is C14H24F2N6O. The molecule has 0 aliphatic heterocycles. The summed E-state index contributed by atoms with van der Waals surface area (Å²) >= 11 is 0. The molecule has 1 aromatic heterocycles. The van der Waals surface area contributed by atoms with Gasteiger partial charge in [0.05, 0.1) is 6.54 Å². The predicted octanol–water partition coefficient (Wildman–Crippen LogP) is 1.25. The lowest BCUT2D eigenvalue weighted by atomic mass is 10.1. The van der Waals surface area contributed by atoms with E-state index in [9.17, 15) is 13.6 Å². The molecule has 130 valence electrons. The van der Waals surface area contributed by atoms with Gasteiger partial charge in [-0.1, -0.05) is 0 Å². The van der Waals surface area contributed by atoms with Crippen LogP contribution in [0.4, 0.5) is 8.78 Å². The van der Waals surface area contributed by atoms with Gasteiger partial charge < -0.3 is 16.0 Å². The second-order valence-electron chi connectivity index (χ2n) is 5.88. The summed E-state index contributed by atoms with van der Waals surface area (Å²) in [6, 6.07) is 0. The summed E-state index contributed by atoms with van der Waals surface area (Å²) in [5.74, 6) is 0.328. The minimum absolute atomic E-state index is 0.0203. The summed E-state index contributed by atoms with van der Waals surface area (Å²) in [6.07, 6.45) is 2.50. The molecule has 0 spiro atoms. The third kappa shape index (κ3) is 7.07. The molecule has 0 fully saturated rings. The Morgan fingerprint density at radius 1 is 1.39 bits per heavy atom. The molecule has 0 aliphatic rings. The highest BCUT2D eigenvalue weighted by molar-refractivity contribution is 5.86. The maximum Gasteiger partial charge on any atom is 0.319 e. The number of nitrogens with one attached hydrogen (secondary N) is 3. The first-order valence-electron chi connectivity index (χ1n) is 7.36. The van der Waals surface area contributed by atoms with Crippen LogP contribution in [0.2, 0.25) is 0 Å². The number of guanidine groups is 1. The highest BCUT2D eigenvalue weighted by Gasteiger charge is 2.14. The van der Waals surface area contributed by atoms with E-state index in [-0.39, 0.29) is 30.4 Å². The van der Waals surface area contributed by atoms with E-state index in [1.807, 2.05) is 27.7 Å². The number of imidazole rings is 1. The van der Waals surface area contributed by atoms with Crippen LogP contribution in [0.25, 0.3) is 0 Å². The summed E-state index contributed by atoms with van der Waals surface area (Å²) < 4.78 is 26.2. The maximum atomic E-state index is 12.7. The minimum atomic E-state index is -2.66. The van der Waals surface area contributed by atoms with Gasteiger partial charge in [-0.25, -0.2) is 9.98 Å². The largest absolute Gasteiger partial charge is 0.357 e. The number of hydrogen-bond acceptors (Lipinski definition) is 3. The number of nitrogens with zero attached hydrogens (tertiary/aromatic N) is 3. The average Bonchev–Trinajstić information content (AvgIpc) is 2.88. The molecule has 1 heterocycles. The van der Waals surface area contributed by atoms with E-state index in [2.05, 4.69) is 25.9 Å². The lowest BCUT2D eigenvalue weighted by molar-refractivity contribution is -0.121. The predicted molar refractivity (Wildman–Crippen MR) is 84.2 cm³/mol. The number of aromatic nitrogens is 2. The van der Waals surface area contributed by atoms with Crippen molar-refractivity contribution >= 4 is 11.9 Å². The van der Waals surface area contributed by atoms with Crippen LogP contribution in [-0.4, -0.2) is 40.0 Å². The monoisotopic (exact) mass is 330 g/mol. The van der Waals surface area contributed by atoms with Gasteiger partial charge in [0.15, 0.2) is 5.96 Å². The average molecular weight is 330 g/mol. The molecule has 0 atom stereocenters. The fraction of sp³-hybridized carbons (Fsp3) is 0.643. The first-order valence-corrected chi connectivity index (χ1v) is 7.36. The van der Waals surface area contributed by atoms with Gasteiger partial charge in [-0.2, -0.15) is 8.78 Å². The summed E-state index contributed by atoms with van der Waals surface area (Å²) in [7, 11) is 0. The summed E-state index contributed by atoms with van der Waals surface area (Å²) in [5.41, 5.74) is -0.323. The van der Waals surface area contributed by atoms with Crippen molar-refractivity contribution in [3.63, 3.8) is 0 Å². The zero-order chi connectivity index (χ0) is 17.5. The van der Waals surface area contributed by atoms with Crippen LogP contribution in [0.5, 0.6) is 0 Å². The Labute approximate surface area is 134 Å². The molecule has 0 aromatic carbocycles. The molecule has 0 saturated carbocycles. The van der Waals surface area contributed by atoms with Crippen LogP contribution in [0.3, 0.4) is 0 Å². The van der Waals surface area contributed by atoms with Crippen molar-refractivity contribution in [2.45, 2.75) is 46.3 Å². The second-order valence-corrected chi connectivity index (χ2v) is 5.88. The van der Waals surface area contributed by atoms with E-state index in [1.165, 1.54) is 12.4 Å². The molecule has 0 unspecified atom stereocenters. The van der Waals surface area contributed by atoms with Crippen molar-refractivity contribution in [3.8, 4) is 0 Å². The van der Waals surface area contributed by atoms with E-state index < -0.39 is 6.55 Å². The van der Waals surface area contributed by atoms with Gasteiger partial charge in [0.25, 0.3) is 0 Å². The number of alkyl halides is 2. The standard InChI is InChI=1S/C14H24F2N6O/c1-5-17-13(20-9-11(23)21-14(2,3)4)19-8-10-18-6-7-22(10)12(15)16/h6-7,12H,5,8-9H2,1-4H3,(H,21,23)(H2,17,19,20). The van der Waals surface area contributed by atoms with Crippen LogP contribution >= 0.6 is 0 Å². The Hall–Kier alpha value is -2.19. The van der Waals surface area contributed by atoms with Gasteiger partial charge in [-0.05, 0) is 27.7 Å². The molecule has 0 radical (unpaired) electrons. The van der Waals surface area contributed by atoms with Gasteiger partial charge in [-0.15, -0.1) is 0 Å². The zero-order valence-corrected chi connectivity index (χ0v) is 13.9. The molecule has 1 amide bonds. The molecular weight excluding hydrogens is 306 g/mol. The Morgan fingerprint density at radius 2 is 2.09 bits per heavy atom. The smallest absolute Gasteiger partial charge is 0.319 e. The van der Waals surface area contributed by atoms with Gasteiger partial charge in [0.1, 0.15) is 12.4 Å². The molecule has 0 saturated heterocycles. The van der Waals surface area contributed by atoms with Gasteiger partial charge >= 0.3 is 6.55 Å². The quantitative estimate of drug-likeness (QED) is 0.541. The first-order chi connectivity index (χ1) is 10.7. The zero-order valence-electron chi connectivity index (χ0n) is 13.9. The highest BCUT2D eigenvalue weighted by Crippen LogP contribution is 2.12. The Balaban J connectivity index is 2.63. The van der Waals surface area contributed by atoms with Gasteiger partial charge in [-0.3, -0.25) is 9.36 Å². The van der Waals surface area contributed by atoms with E-state index in [0.717, 1.165) is 4.57 Å². The summed E-state index contributed by atoms with van der Waals surface area (Å²) in [6.45, 7) is 5.45. The third-order valence-electron chi connectivity index (χ3n) is 2.61. The molecule has 0 bridgehead atoms. The van der Waals surface area contributed by atoms with Crippen LogP contribution in [0, 0.1) is 0 Å². The number of carbonyl (C=O) groups is 1. The van der Waals surface area contributed by atoms with Crippen molar-refractivity contribution in [1.82, 2.24) is 25.5 Å². The van der Waals surface area contributed by atoms with E-state index in [1.54, 1.807) is 0 Å². The normalized spacial score (nSPS) is 12.4. The topological polar surface area (TPSA) is 83.3 Å². The lowest BCUT2D eigenvalue weighted by Crippen LogP contribution is -2.48. The van der Waals surface area contributed by atoms with Gasteiger partial charge in [0, 0.05) is 24.5 Å².